The number of hydrogen-bond donors (Lipinski definition) is 8. The van der Waals surface area contributed by atoms with Crippen LogP contribution in [0.2, 0.25) is 0 Å². The van der Waals surface area contributed by atoms with Gasteiger partial charge in [-0.1, -0.05) is 80.2 Å². The van der Waals surface area contributed by atoms with Crippen molar-refractivity contribution in [1.29, 1.82) is 0 Å². The van der Waals surface area contributed by atoms with Crippen molar-refractivity contribution in [3.63, 3.8) is 0 Å². The smallest absolute Gasteiger partial charge is 0.870 e. The molecule has 4 aromatic heterocycles. The molecule has 0 radical (unpaired) electrons. The molecule has 4 heterocycles. The Labute approximate surface area is 575 Å². The molecule has 5 amide bonds. The Bertz CT molecular complexity index is 3740. The van der Waals surface area contributed by atoms with Crippen LogP contribution >= 0.6 is 0 Å². The molecule has 11 N–H and O–H groups in total. The van der Waals surface area contributed by atoms with Gasteiger partial charge in [-0.25, -0.2) is 42.7 Å². The number of halogens is 3. The molecule has 0 fully saturated rings. The average Bonchev–Trinajstić information content (AvgIpc) is 1.72. The summed E-state index contributed by atoms with van der Waals surface area (Å²) in [5, 5.41) is 38.4. The molecule has 29 nitrogen and oxygen atoms in total. The predicted octanol–water partition coefficient (Wildman–Crippen LogP) is 7.49. The monoisotopic (exact) mass is 1350 g/mol. The molecule has 0 bridgehead atoms. The van der Waals surface area contributed by atoms with Gasteiger partial charge < -0.3 is 51.6 Å². The number of amides is 5. The summed E-state index contributed by atoms with van der Waals surface area (Å²) in [5.41, 5.74) is 11.7. The Kier molecular flexibility index (Phi) is 35.6. The Morgan fingerprint density at radius 2 is 0.760 bits per heavy atom. The number of hydrogen-bond acceptors (Lipinski definition) is 19. The number of carboxylic acids is 1. The van der Waals surface area contributed by atoms with Crippen molar-refractivity contribution < 1.29 is 111 Å². The van der Waals surface area contributed by atoms with Crippen molar-refractivity contribution in [3.05, 3.63) is 168 Å². The maximum Gasteiger partial charge on any atom is 1.00 e. The maximum absolute atomic E-state index is 12.0. The first-order chi connectivity index (χ1) is 43.6. The predicted molar refractivity (Wildman–Crippen MR) is 349 cm³/mol. The van der Waals surface area contributed by atoms with E-state index in [2.05, 4.69) is 52.7 Å². The molecule has 0 spiro atoms. The molecule has 0 atom stereocenters. The van der Waals surface area contributed by atoms with E-state index in [9.17, 15) is 46.7 Å². The van der Waals surface area contributed by atoms with E-state index in [0.717, 1.165) is 5.69 Å². The SMILES string of the molecule is C.CC(C)(C)OC(=O)Nc1cc(C(=O)O)nn1-c1ccccc1.CCOC(=O)c1cc(NC(=O)OC(C)(C)C)n(-c2ccccc2)n1.CN.CNC(=O)c1cc(N)n(-c2ccccc2)n1.CNC(=O)c1cc(NC(=O)OC(C)(C)C)n(-c2ccccc2)n1.O=CC(F)(F)F.[Na+].[OH-]. The molecule has 0 saturated carbocycles. The summed E-state index contributed by atoms with van der Waals surface area (Å²) in [5.74, 6) is -1.00. The van der Waals surface area contributed by atoms with Gasteiger partial charge in [0.2, 0.25) is 6.29 Å². The van der Waals surface area contributed by atoms with Gasteiger partial charge >= 0.3 is 66.0 Å². The molecule has 8 rings (SSSR count). The molecule has 4 aromatic carbocycles. The maximum atomic E-state index is 12.0. The number of nitrogens with zero attached hydrogens (tertiary/aromatic N) is 8. The van der Waals surface area contributed by atoms with Crippen LogP contribution in [0.25, 0.3) is 22.7 Å². The minimum Gasteiger partial charge on any atom is -0.870 e. The minimum atomic E-state index is -4.64. The molecule has 8 aromatic rings. The van der Waals surface area contributed by atoms with Gasteiger partial charge in [0.1, 0.15) is 40.1 Å². The third-order valence-corrected chi connectivity index (χ3v) is 10.5. The Hall–Kier alpha value is -10.4. The summed E-state index contributed by atoms with van der Waals surface area (Å²) < 4.78 is 57.7. The number of esters is 1. The Morgan fingerprint density at radius 3 is 1.04 bits per heavy atom. The number of para-hydroxylation sites is 4. The third-order valence-electron chi connectivity index (χ3n) is 10.5. The number of carbonyl (C=O) groups excluding carboxylic acids is 7. The number of alkyl halides is 3. The molecule has 0 aliphatic rings. The van der Waals surface area contributed by atoms with Crippen molar-refractivity contribution >= 4 is 71.6 Å². The van der Waals surface area contributed by atoms with Crippen LogP contribution in [0.4, 0.5) is 50.8 Å². The van der Waals surface area contributed by atoms with Crippen molar-refractivity contribution in [2.24, 2.45) is 5.73 Å². The van der Waals surface area contributed by atoms with Gasteiger partial charge in [-0.2, -0.15) is 33.6 Å². The number of nitrogen functional groups attached to an aromatic ring is 1. The van der Waals surface area contributed by atoms with E-state index in [-0.39, 0.29) is 83.8 Å². The molecule has 514 valence electrons. The van der Waals surface area contributed by atoms with E-state index >= 15 is 0 Å². The summed E-state index contributed by atoms with van der Waals surface area (Å²) >= 11 is 0. The first kappa shape index (κ1) is 85.6. The number of aromatic nitrogens is 8. The summed E-state index contributed by atoms with van der Waals surface area (Å²) in [6, 6.07) is 42.4. The van der Waals surface area contributed by atoms with Gasteiger partial charge in [0.05, 0.1) is 29.4 Å². The zero-order valence-electron chi connectivity index (χ0n) is 54.8. The van der Waals surface area contributed by atoms with Crippen LogP contribution in [0.15, 0.2) is 146 Å². The van der Waals surface area contributed by atoms with Crippen LogP contribution in [0.3, 0.4) is 0 Å². The van der Waals surface area contributed by atoms with Crippen molar-refractivity contribution in [1.82, 2.24) is 49.8 Å². The van der Waals surface area contributed by atoms with Gasteiger partial charge in [0.15, 0.2) is 22.8 Å². The number of ether oxygens (including phenoxy) is 4. The van der Waals surface area contributed by atoms with E-state index in [1.54, 1.807) is 107 Å². The molecular formula is C63H81F3N15NaO14. The fourth-order valence-corrected chi connectivity index (χ4v) is 6.99. The molecule has 0 aliphatic carbocycles. The van der Waals surface area contributed by atoms with Crippen LogP contribution in [-0.2, 0) is 23.7 Å². The number of nitrogens with one attached hydrogen (secondary N) is 5. The Morgan fingerprint density at radius 1 is 0.500 bits per heavy atom. The third kappa shape index (κ3) is 29.7. The van der Waals surface area contributed by atoms with Crippen LogP contribution in [-0.4, -0.2) is 149 Å². The number of aromatic carboxylic acids is 1. The second kappa shape index (κ2) is 40.0. The largest absolute Gasteiger partial charge is 1.00 e. The van der Waals surface area contributed by atoms with E-state index in [0.29, 0.717) is 40.2 Å². The van der Waals surface area contributed by atoms with Gasteiger partial charge in [-0.15, -0.1) is 0 Å². The van der Waals surface area contributed by atoms with Gasteiger partial charge in [-0.3, -0.25) is 30.3 Å². The summed E-state index contributed by atoms with van der Waals surface area (Å²) in [4.78, 5) is 90.7. The summed E-state index contributed by atoms with van der Waals surface area (Å²) in [6.07, 6.45) is -7.62. The second-order valence-electron chi connectivity index (χ2n) is 21.4. The first-order valence-electron chi connectivity index (χ1n) is 28.0. The van der Waals surface area contributed by atoms with Gasteiger partial charge in [0.25, 0.3) is 11.8 Å². The number of rotatable bonds is 12. The first-order valence-corrected chi connectivity index (χ1v) is 28.0. The van der Waals surface area contributed by atoms with Gasteiger partial charge in [0, 0.05) is 38.4 Å². The average molecular weight is 1350 g/mol. The normalized spacial score (nSPS) is 10.3. The van der Waals surface area contributed by atoms with Crippen molar-refractivity contribution in [3.8, 4) is 22.7 Å². The van der Waals surface area contributed by atoms with E-state index in [1.165, 1.54) is 51.0 Å². The van der Waals surface area contributed by atoms with Gasteiger partial charge in [-0.05, 0) is 125 Å². The fraction of sp³-hybridized carbons (Fsp3) is 0.302. The molecule has 96 heavy (non-hydrogen) atoms. The zero-order valence-corrected chi connectivity index (χ0v) is 56.8. The number of anilines is 4. The van der Waals surface area contributed by atoms with Crippen molar-refractivity contribution in [2.75, 3.05) is 49.4 Å². The van der Waals surface area contributed by atoms with Crippen LogP contribution in [0.1, 0.15) is 119 Å². The quantitative estimate of drug-likeness (QED) is 0.0254. The standard InChI is InChI=1S/C17H21N3O4.C16H20N4O3.C15H17N3O4.C11H12N4O.C2HF3O.CH5N.CH4.Na.H2O/c1-5-23-15(21)13-11-14(18-16(22)24-17(2,3)4)20(19-13)12-9-7-6-8-10-12;1-16(2,3)23-15(22)18-13-10-12(14(21)17-4)19-20(13)11-8-6-5-7-9-11;1-15(2,3)22-14(21)16-12-9-11(13(19)20)17-18(12)10-7-5-4-6-8-10;1-13-11(16)9-7-10(12)15(14-9)8-5-3-2-4-6-8;3-2(4,5)1-6;1-2;;;/h6-11H,5H2,1-4H3,(H,18,22);5-10H,1-4H3,(H,17,21)(H,18,22);4-9H,1-3H3,(H,16,21)(H,19,20);2-7H,12H2,1H3,(H,13,16);1H;2H2,1H3;1H4;;1H2/q;;;;;;;+1;/p-1. The van der Waals surface area contributed by atoms with Crippen LogP contribution < -0.4 is 67.6 Å². The molecule has 33 heteroatoms. The summed E-state index contributed by atoms with van der Waals surface area (Å²) in [7, 11) is 4.57. The minimum absolute atomic E-state index is 0. The zero-order chi connectivity index (χ0) is 69.9. The number of carboxylic acid groups (broad SMARTS) is 1. The van der Waals surface area contributed by atoms with Crippen LogP contribution in [0, 0.1) is 0 Å². The molecule has 0 saturated heterocycles. The molecular weight excluding hydrogens is 1270 g/mol. The van der Waals surface area contributed by atoms with E-state index in [4.69, 9.17) is 34.6 Å². The van der Waals surface area contributed by atoms with E-state index in [1.807, 2.05) is 97.1 Å². The number of aldehydes is 1. The topological polar surface area (TPSA) is 407 Å². The van der Waals surface area contributed by atoms with Crippen LogP contribution in [0.5, 0.6) is 0 Å². The molecule has 0 unspecified atom stereocenters. The Balaban J connectivity index is 0.00000120. The van der Waals surface area contributed by atoms with Crippen molar-refractivity contribution in [2.45, 2.75) is 99.6 Å². The fourth-order valence-electron chi connectivity index (χ4n) is 6.99. The number of nitrogens with two attached hydrogens (primary N) is 2. The molecule has 0 aliphatic heterocycles. The van der Waals surface area contributed by atoms with E-state index < -0.39 is 59.5 Å². The summed E-state index contributed by atoms with van der Waals surface area (Å²) in [6.45, 7) is 17.8. The number of carbonyl (C=O) groups is 8. The number of benzene rings is 4. The second-order valence-corrected chi connectivity index (χ2v) is 21.4.